The molecule has 0 aromatic carbocycles. The van der Waals surface area contributed by atoms with Crippen LogP contribution in [-0.2, 0) is 0 Å². The van der Waals surface area contributed by atoms with Crippen LogP contribution in [-0.4, -0.2) is 48.9 Å². The van der Waals surface area contributed by atoms with Crippen molar-refractivity contribution >= 4 is 17.6 Å². The molecule has 0 unspecified atom stereocenters. The van der Waals surface area contributed by atoms with Gasteiger partial charge < -0.3 is 21.1 Å². The van der Waals surface area contributed by atoms with Gasteiger partial charge in [0.25, 0.3) is 0 Å². The molecule has 1 aromatic heterocycles. The van der Waals surface area contributed by atoms with Crippen molar-refractivity contribution in [3.05, 3.63) is 22.7 Å². The van der Waals surface area contributed by atoms with Crippen molar-refractivity contribution < 1.29 is 15.3 Å². The Morgan fingerprint density at radius 2 is 2.18 bits per heavy atom. The number of thioether (sulfide) groups is 1. The van der Waals surface area contributed by atoms with Gasteiger partial charge in [0.1, 0.15) is 17.3 Å². The fourth-order valence-electron chi connectivity index (χ4n) is 1.73. The van der Waals surface area contributed by atoms with Gasteiger partial charge in [-0.05, 0) is 6.07 Å². The topological polar surface area (TPSA) is 122 Å². The second kappa shape index (κ2) is 4.65. The largest absolute Gasteiger partial charge is 0.395 e. The third-order valence-corrected chi connectivity index (χ3v) is 4.21. The Morgan fingerprint density at radius 3 is 2.71 bits per heavy atom. The maximum atomic E-state index is 11.6. The maximum Gasteiger partial charge on any atom is 0.350 e. The summed E-state index contributed by atoms with van der Waals surface area (Å²) in [6, 6.07) is 1.44. The molecular formula is C9H13N3O4S. The molecule has 2 rings (SSSR count). The van der Waals surface area contributed by atoms with Gasteiger partial charge in [0.15, 0.2) is 0 Å². The molecule has 2 heterocycles. The molecule has 1 aliphatic rings. The van der Waals surface area contributed by atoms with Gasteiger partial charge in [0.05, 0.1) is 18.0 Å². The molecule has 1 saturated heterocycles. The third-order valence-electron chi connectivity index (χ3n) is 2.64. The van der Waals surface area contributed by atoms with E-state index in [0.29, 0.717) is 0 Å². The smallest absolute Gasteiger partial charge is 0.350 e. The maximum absolute atomic E-state index is 11.6. The molecule has 0 bridgehead atoms. The molecule has 7 nitrogen and oxygen atoms in total. The fraction of sp³-hybridized carbons (Fsp3) is 0.556. The Labute approximate surface area is 101 Å². The number of anilines is 1. The third kappa shape index (κ3) is 2.16. The Balaban J connectivity index is 2.32. The number of nitrogen functional groups attached to an aromatic ring is 1. The fourth-order valence-corrected chi connectivity index (χ4v) is 3.11. The van der Waals surface area contributed by atoms with E-state index < -0.39 is 28.5 Å². The summed E-state index contributed by atoms with van der Waals surface area (Å²) in [5.74, 6) is 0.1000. The molecule has 8 heteroatoms. The highest BCUT2D eigenvalue weighted by atomic mass is 32.2. The van der Waals surface area contributed by atoms with Crippen molar-refractivity contribution in [1.82, 2.24) is 9.55 Å². The normalized spacial score (nSPS) is 32.9. The van der Waals surface area contributed by atoms with E-state index in [-0.39, 0.29) is 12.4 Å². The molecule has 4 atom stereocenters. The van der Waals surface area contributed by atoms with Crippen LogP contribution in [0.25, 0.3) is 0 Å². The molecule has 1 aromatic rings. The predicted octanol–water partition coefficient (Wildman–Crippen LogP) is -1.85. The second-order valence-corrected chi connectivity index (χ2v) is 5.13. The summed E-state index contributed by atoms with van der Waals surface area (Å²) >= 11 is 1.13. The number of aromatic nitrogens is 2. The average Bonchev–Trinajstić information content (AvgIpc) is 2.57. The van der Waals surface area contributed by atoms with E-state index in [4.69, 9.17) is 10.8 Å². The van der Waals surface area contributed by atoms with Crippen LogP contribution < -0.4 is 11.4 Å². The van der Waals surface area contributed by atoms with E-state index in [1.807, 2.05) is 0 Å². The zero-order valence-corrected chi connectivity index (χ0v) is 9.62. The first-order valence-corrected chi connectivity index (χ1v) is 5.96. The molecule has 17 heavy (non-hydrogen) atoms. The highest BCUT2D eigenvalue weighted by molar-refractivity contribution is 8.00. The summed E-state index contributed by atoms with van der Waals surface area (Å²) in [5.41, 5.74) is 4.77. The molecule has 94 valence electrons. The molecule has 0 saturated carbocycles. The van der Waals surface area contributed by atoms with Gasteiger partial charge in [-0.1, -0.05) is 0 Å². The first-order chi connectivity index (χ1) is 8.04. The lowest BCUT2D eigenvalue weighted by molar-refractivity contribution is 0.0101. The van der Waals surface area contributed by atoms with Crippen LogP contribution >= 0.6 is 11.8 Å². The second-order valence-electron chi connectivity index (χ2n) is 3.77. The van der Waals surface area contributed by atoms with Crippen molar-refractivity contribution in [3.63, 3.8) is 0 Å². The first kappa shape index (κ1) is 12.4. The summed E-state index contributed by atoms with van der Waals surface area (Å²) in [6.45, 7) is -0.267. The van der Waals surface area contributed by atoms with Crippen molar-refractivity contribution in [1.29, 1.82) is 0 Å². The van der Waals surface area contributed by atoms with Gasteiger partial charge in [-0.2, -0.15) is 4.98 Å². The van der Waals surface area contributed by atoms with E-state index in [9.17, 15) is 15.0 Å². The zero-order chi connectivity index (χ0) is 12.6. The number of aliphatic hydroxyl groups is 3. The van der Waals surface area contributed by atoms with Gasteiger partial charge in [-0.15, -0.1) is 11.8 Å². The lowest BCUT2D eigenvalue weighted by Crippen LogP contribution is -2.36. The van der Waals surface area contributed by atoms with Crippen LogP contribution in [0, 0.1) is 0 Å². The van der Waals surface area contributed by atoms with Gasteiger partial charge in [-0.3, -0.25) is 4.57 Å². The van der Waals surface area contributed by atoms with E-state index in [2.05, 4.69) is 4.98 Å². The van der Waals surface area contributed by atoms with Gasteiger partial charge >= 0.3 is 5.69 Å². The number of hydrogen-bond donors (Lipinski definition) is 4. The Bertz CT molecular complexity index is 466. The van der Waals surface area contributed by atoms with Crippen molar-refractivity contribution in [3.8, 4) is 0 Å². The molecule has 5 N–H and O–H groups in total. The average molecular weight is 259 g/mol. The van der Waals surface area contributed by atoms with Crippen LogP contribution in [0.3, 0.4) is 0 Å². The number of rotatable bonds is 2. The van der Waals surface area contributed by atoms with E-state index in [1.165, 1.54) is 16.8 Å². The Morgan fingerprint density at radius 1 is 1.47 bits per heavy atom. The predicted molar refractivity (Wildman–Crippen MR) is 62.4 cm³/mol. The SMILES string of the molecule is Nc1ccn([C@H]2S[C@@H](CO)[C@@H](O)[C@@H]2O)c(=O)n1. The van der Waals surface area contributed by atoms with Crippen LogP contribution in [0.5, 0.6) is 0 Å². The zero-order valence-electron chi connectivity index (χ0n) is 8.80. The minimum absolute atomic E-state index is 0.1000. The number of aliphatic hydroxyl groups excluding tert-OH is 3. The summed E-state index contributed by atoms with van der Waals surface area (Å²) in [4.78, 5) is 15.1. The van der Waals surface area contributed by atoms with Crippen LogP contribution in [0.1, 0.15) is 5.37 Å². The molecule has 1 fully saturated rings. The van der Waals surface area contributed by atoms with Gasteiger partial charge in [-0.25, -0.2) is 4.79 Å². The summed E-state index contributed by atoms with van der Waals surface area (Å²) in [7, 11) is 0. The summed E-state index contributed by atoms with van der Waals surface area (Å²) in [5, 5.41) is 27.3. The molecule has 0 spiro atoms. The molecular weight excluding hydrogens is 246 g/mol. The number of nitrogens with zero attached hydrogens (tertiary/aromatic N) is 2. The van der Waals surface area contributed by atoms with E-state index >= 15 is 0 Å². The quantitative estimate of drug-likeness (QED) is 0.492. The molecule has 0 radical (unpaired) electrons. The molecule has 1 aliphatic heterocycles. The number of hydrogen-bond acceptors (Lipinski definition) is 7. The number of nitrogens with two attached hydrogens (primary N) is 1. The summed E-state index contributed by atoms with van der Waals surface area (Å²) < 4.78 is 1.20. The van der Waals surface area contributed by atoms with Gasteiger partial charge in [0, 0.05) is 6.20 Å². The van der Waals surface area contributed by atoms with Gasteiger partial charge in [0.2, 0.25) is 0 Å². The highest BCUT2D eigenvalue weighted by Crippen LogP contribution is 2.40. The monoisotopic (exact) mass is 259 g/mol. The Hall–Kier alpha value is -1.09. The van der Waals surface area contributed by atoms with Crippen molar-refractivity contribution in [2.75, 3.05) is 12.3 Å². The summed E-state index contributed by atoms with van der Waals surface area (Å²) in [6.07, 6.45) is -0.780. The van der Waals surface area contributed by atoms with Crippen LogP contribution in [0.4, 0.5) is 5.82 Å². The minimum atomic E-state index is -1.12. The lowest BCUT2D eigenvalue weighted by Gasteiger charge is -2.17. The molecule has 0 amide bonds. The van der Waals surface area contributed by atoms with Crippen molar-refractivity contribution in [2.24, 2.45) is 0 Å². The lowest BCUT2D eigenvalue weighted by atomic mass is 10.1. The van der Waals surface area contributed by atoms with Crippen molar-refractivity contribution in [2.45, 2.75) is 22.8 Å². The Kier molecular flexibility index (Phi) is 3.38. The standard InChI is InChI=1S/C9H13N3O4S/c10-5-1-2-12(9(16)11-5)8-7(15)6(14)4(3-13)17-8/h1-2,4,6-8,13-15H,3H2,(H2,10,11,16)/t4-,6+,7-,8-/m0/s1. The van der Waals surface area contributed by atoms with E-state index in [0.717, 1.165) is 11.8 Å². The van der Waals surface area contributed by atoms with E-state index in [1.54, 1.807) is 0 Å². The molecule has 0 aliphatic carbocycles. The van der Waals surface area contributed by atoms with Crippen LogP contribution in [0.2, 0.25) is 0 Å². The first-order valence-electron chi connectivity index (χ1n) is 5.01. The highest BCUT2D eigenvalue weighted by Gasteiger charge is 2.43. The van der Waals surface area contributed by atoms with Crippen LogP contribution in [0.15, 0.2) is 17.1 Å². The minimum Gasteiger partial charge on any atom is -0.395 e.